The smallest absolute Gasteiger partial charge is 0.287 e. The number of furan rings is 1. The van der Waals surface area contributed by atoms with Gasteiger partial charge in [0.1, 0.15) is 0 Å². The molecule has 4 heterocycles. The van der Waals surface area contributed by atoms with Crippen molar-refractivity contribution >= 4 is 23.6 Å². The maximum atomic E-state index is 13.3. The lowest BCUT2D eigenvalue weighted by atomic mass is 9.77. The third-order valence-electron chi connectivity index (χ3n) is 8.15. The number of rotatable bonds is 7. The summed E-state index contributed by atoms with van der Waals surface area (Å²) in [5.74, 6) is -0.440. The molecule has 0 bridgehead atoms. The van der Waals surface area contributed by atoms with Crippen LogP contribution in [0.1, 0.15) is 41.8 Å². The molecule has 1 aromatic carbocycles. The summed E-state index contributed by atoms with van der Waals surface area (Å²) < 4.78 is 5.05. The van der Waals surface area contributed by atoms with Crippen LogP contribution in [0.15, 0.2) is 53.1 Å². The molecule has 1 atom stereocenters. The fourth-order valence-electron chi connectivity index (χ4n) is 5.84. The molecule has 9 heteroatoms. The van der Waals surface area contributed by atoms with Crippen LogP contribution in [-0.4, -0.2) is 84.1 Å². The first kappa shape index (κ1) is 25.0. The van der Waals surface area contributed by atoms with E-state index in [0.29, 0.717) is 45.7 Å². The maximum absolute atomic E-state index is 13.3. The second-order valence-electron chi connectivity index (χ2n) is 10.5. The van der Waals surface area contributed by atoms with Crippen LogP contribution >= 0.6 is 0 Å². The van der Waals surface area contributed by atoms with Gasteiger partial charge >= 0.3 is 0 Å². The van der Waals surface area contributed by atoms with Gasteiger partial charge < -0.3 is 24.4 Å². The maximum Gasteiger partial charge on any atom is 0.287 e. The second kappa shape index (κ2) is 10.8. The number of likely N-dealkylation sites (tertiary alicyclic amines) is 3. The van der Waals surface area contributed by atoms with E-state index in [1.54, 1.807) is 17.0 Å². The van der Waals surface area contributed by atoms with Gasteiger partial charge in [-0.2, -0.15) is 0 Å². The molecule has 1 aromatic heterocycles. The number of benzene rings is 1. The van der Waals surface area contributed by atoms with Crippen LogP contribution < -0.4 is 5.32 Å². The third-order valence-corrected chi connectivity index (χ3v) is 8.15. The zero-order valence-electron chi connectivity index (χ0n) is 21.1. The average Bonchev–Trinajstić information content (AvgIpc) is 3.68. The van der Waals surface area contributed by atoms with Gasteiger partial charge in [-0.25, -0.2) is 0 Å². The number of amides is 4. The summed E-state index contributed by atoms with van der Waals surface area (Å²) in [5, 5.41) is 2.61. The molecule has 0 aliphatic carbocycles. The molecule has 3 fully saturated rings. The first-order valence-corrected chi connectivity index (χ1v) is 13.1. The first-order valence-electron chi connectivity index (χ1n) is 13.1. The minimum absolute atomic E-state index is 0.0272. The number of carbonyl (C=O) groups excluding carboxylic acids is 4. The molecule has 5 rings (SSSR count). The van der Waals surface area contributed by atoms with Crippen LogP contribution in [0.25, 0.3) is 0 Å². The predicted molar refractivity (Wildman–Crippen MR) is 135 cm³/mol. The fraction of sp³-hybridized carbons (Fsp3) is 0.500. The van der Waals surface area contributed by atoms with Gasteiger partial charge in [0.2, 0.25) is 17.7 Å². The van der Waals surface area contributed by atoms with E-state index in [4.69, 9.17) is 4.42 Å². The van der Waals surface area contributed by atoms with Crippen molar-refractivity contribution < 1.29 is 23.6 Å². The highest BCUT2D eigenvalue weighted by molar-refractivity contribution is 5.94. The van der Waals surface area contributed by atoms with E-state index < -0.39 is 5.91 Å². The second-order valence-corrected chi connectivity index (χ2v) is 10.5. The van der Waals surface area contributed by atoms with Crippen LogP contribution in [0.3, 0.4) is 0 Å². The first-order chi connectivity index (χ1) is 17.9. The van der Waals surface area contributed by atoms with Crippen LogP contribution in [0, 0.1) is 11.3 Å². The third kappa shape index (κ3) is 5.70. The monoisotopic (exact) mass is 506 g/mol. The van der Waals surface area contributed by atoms with E-state index in [1.807, 2.05) is 28.0 Å². The van der Waals surface area contributed by atoms with Crippen LogP contribution in [0.2, 0.25) is 0 Å². The number of carbonyl (C=O) groups is 4. The lowest BCUT2D eigenvalue weighted by Gasteiger charge is -2.39. The minimum atomic E-state index is -0.402. The molecule has 2 aromatic rings. The molecule has 3 aliphatic rings. The molecule has 0 radical (unpaired) electrons. The zero-order valence-corrected chi connectivity index (χ0v) is 21.1. The van der Waals surface area contributed by atoms with E-state index in [0.717, 1.165) is 25.7 Å². The number of nitrogens with one attached hydrogen (secondary N) is 1. The Morgan fingerprint density at radius 3 is 2.41 bits per heavy atom. The lowest BCUT2D eigenvalue weighted by molar-refractivity contribution is -0.136. The summed E-state index contributed by atoms with van der Waals surface area (Å²) in [5.41, 5.74) is 1.22. The molecular formula is C28H34N4O5. The van der Waals surface area contributed by atoms with Crippen LogP contribution in [0.4, 0.5) is 0 Å². The van der Waals surface area contributed by atoms with Gasteiger partial charge in [0, 0.05) is 45.7 Å². The standard InChI is InChI=1S/C28H34N4O5/c33-24-17-22(19-31(24)12-8-21-5-2-1-3-6-21)27(36)32-15-11-28(20-32)9-13-30(14-10-28)25(34)18-29-26(35)23-7-4-16-37-23/h1-7,16,22H,8-15,17-20H2,(H,29,35). The topological polar surface area (TPSA) is 103 Å². The van der Waals surface area contributed by atoms with E-state index in [2.05, 4.69) is 17.4 Å². The Morgan fingerprint density at radius 1 is 0.973 bits per heavy atom. The van der Waals surface area contributed by atoms with Crippen LogP contribution in [-0.2, 0) is 20.8 Å². The van der Waals surface area contributed by atoms with Gasteiger partial charge in [-0.05, 0) is 48.8 Å². The largest absolute Gasteiger partial charge is 0.459 e. The summed E-state index contributed by atoms with van der Waals surface area (Å²) >= 11 is 0. The highest BCUT2D eigenvalue weighted by atomic mass is 16.3. The fourth-order valence-corrected chi connectivity index (χ4v) is 5.84. The van der Waals surface area contributed by atoms with Gasteiger partial charge in [-0.3, -0.25) is 19.2 Å². The Labute approximate surface area is 216 Å². The lowest BCUT2D eigenvalue weighted by Crippen LogP contribution is -2.48. The minimum Gasteiger partial charge on any atom is -0.459 e. The number of hydrogen-bond acceptors (Lipinski definition) is 5. The van der Waals surface area contributed by atoms with Crippen molar-refractivity contribution in [1.29, 1.82) is 0 Å². The summed E-state index contributed by atoms with van der Waals surface area (Å²) in [6.07, 6.45) is 5.10. The molecule has 3 aliphatic heterocycles. The van der Waals surface area contributed by atoms with E-state index >= 15 is 0 Å². The van der Waals surface area contributed by atoms with Gasteiger partial charge in [-0.15, -0.1) is 0 Å². The van der Waals surface area contributed by atoms with E-state index in [1.165, 1.54) is 11.8 Å². The number of nitrogens with zero attached hydrogens (tertiary/aromatic N) is 3. The molecule has 1 N–H and O–H groups in total. The van der Waals surface area contributed by atoms with Crippen molar-refractivity contribution in [2.45, 2.75) is 32.1 Å². The molecular weight excluding hydrogens is 472 g/mol. The van der Waals surface area contributed by atoms with Gasteiger partial charge in [0.05, 0.1) is 18.7 Å². The molecule has 3 saturated heterocycles. The normalized spacial score (nSPS) is 21.0. The molecule has 1 spiro atoms. The number of hydrogen-bond donors (Lipinski definition) is 1. The van der Waals surface area contributed by atoms with Crippen LogP contribution in [0.5, 0.6) is 0 Å². The zero-order chi connectivity index (χ0) is 25.8. The summed E-state index contributed by atoms with van der Waals surface area (Å²) in [4.78, 5) is 56.0. The van der Waals surface area contributed by atoms with E-state index in [9.17, 15) is 19.2 Å². The van der Waals surface area contributed by atoms with Crippen molar-refractivity contribution in [1.82, 2.24) is 20.0 Å². The molecule has 196 valence electrons. The van der Waals surface area contributed by atoms with E-state index in [-0.39, 0.29) is 41.4 Å². The van der Waals surface area contributed by atoms with Gasteiger partial charge in [0.15, 0.2) is 5.76 Å². The van der Waals surface area contributed by atoms with Crippen molar-refractivity contribution in [3.8, 4) is 0 Å². The quantitative estimate of drug-likeness (QED) is 0.618. The Bertz CT molecular complexity index is 1120. The van der Waals surface area contributed by atoms with Gasteiger partial charge in [-0.1, -0.05) is 30.3 Å². The summed E-state index contributed by atoms with van der Waals surface area (Å²) in [6, 6.07) is 13.3. The molecule has 1 unspecified atom stereocenters. The summed E-state index contributed by atoms with van der Waals surface area (Å²) in [7, 11) is 0. The van der Waals surface area contributed by atoms with Crippen molar-refractivity contribution in [2.24, 2.45) is 11.3 Å². The van der Waals surface area contributed by atoms with Crippen molar-refractivity contribution in [3.63, 3.8) is 0 Å². The van der Waals surface area contributed by atoms with Gasteiger partial charge in [0.25, 0.3) is 5.91 Å². The van der Waals surface area contributed by atoms with Crippen molar-refractivity contribution in [3.05, 3.63) is 60.1 Å². The highest BCUT2D eigenvalue weighted by Gasteiger charge is 2.45. The highest BCUT2D eigenvalue weighted by Crippen LogP contribution is 2.41. The van der Waals surface area contributed by atoms with Crippen molar-refractivity contribution in [2.75, 3.05) is 45.8 Å². The summed E-state index contributed by atoms with van der Waals surface area (Å²) in [6.45, 7) is 3.72. The molecule has 37 heavy (non-hydrogen) atoms. The Morgan fingerprint density at radius 2 is 1.70 bits per heavy atom. The molecule has 9 nitrogen and oxygen atoms in total. The molecule has 4 amide bonds. The Hall–Kier alpha value is -3.62. The Balaban J connectivity index is 1.06. The SMILES string of the molecule is O=C(NCC(=O)N1CCC2(CC1)CCN(C(=O)C1CC(=O)N(CCc3ccccc3)C1)C2)c1ccco1. The average molecular weight is 507 g/mol. The molecule has 0 saturated carbocycles. The Kier molecular flexibility index (Phi) is 7.30. The predicted octanol–water partition coefficient (Wildman–Crippen LogP) is 1.94. The number of piperidine rings is 1.